The molecular weight excluding hydrogens is 390 g/mol. The zero-order chi connectivity index (χ0) is 18.8. The van der Waals surface area contributed by atoms with Crippen molar-refractivity contribution >= 4 is 41.4 Å². The van der Waals surface area contributed by atoms with E-state index in [1.807, 2.05) is 0 Å². The van der Waals surface area contributed by atoms with Gasteiger partial charge >= 0.3 is 0 Å². The van der Waals surface area contributed by atoms with Crippen molar-refractivity contribution in [1.82, 2.24) is 9.29 Å². The van der Waals surface area contributed by atoms with Crippen molar-refractivity contribution in [2.45, 2.75) is 9.92 Å². The normalized spacial score (nSPS) is 12.2. The van der Waals surface area contributed by atoms with Crippen LogP contribution in [0.5, 0.6) is 0 Å². The molecule has 1 aromatic carbocycles. The van der Waals surface area contributed by atoms with E-state index in [1.165, 1.54) is 44.4 Å². The summed E-state index contributed by atoms with van der Waals surface area (Å²) in [6.07, 6.45) is 1.15. The Labute approximate surface area is 149 Å². The molecule has 0 bridgehead atoms. The van der Waals surface area contributed by atoms with Crippen molar-refractivity contribution < 1.29 is 21.6 Å². The number of sulfonamides is 1. The van der Waals surface area contributed by atoms with Crippen LogP contribution in [0, 0.1) is 0 Å². The van der Waals surface area contributed by atoms with Crippen LogP contribution in [0.15, 0.2) is 52.5 Å². The van der Waals surface area contributed by atoms with Crippen LogP contribution in [0.3, 0.4) is 0 Å². The molecule has 0 aliphatic rings. The lowest BCUT2D eigenvalue weighted by Crippen LogP contribution is -2.22. The van der Waals surface area contributed by atoms with Crippen molar-refractivity contribution in [3.8, 4) is 0 Å². The number of carbonyl (C=O) groups excluding carboxylic acids is 1. The molecule has 0 saturated heterocycles. The van der Waals surface area contributed by atoms with Gasteiger partial charge in [0.25, 0.3) is 15.0 Å². The monoisotopic (exact) mass is 403 g/mol. The van der Waals surface area contributed by atoms with E-state index in [9.17, 15) is 21.6 Å². The quantitative estimate of drug-likeness (QED) is 0.757. The number of amides is 1. The predicted molar refractivity (Wildman–Crippen MR) is 92.5 cm³/mol. The van der Waals surface area contributed by atoms with Crippen LogP contribution < -0.4 is 5.32 Å². The Bertz CT molecular complexity index is 986. The number of pyridine rings is 1. The van der Waals surface area contributed by atoms with Gasteiger partial charge in [0.2, 0.25) is 10.0 Å². The van der Waals surface area contributed by atoms with E-state index in [0.29, 0.717) is 0 Å². The summed E-state index contributed by atoms with van der Waals surface area (Å²) in [5.74, 6) is -0.503. The van der Waals surface area contributed by atoms with Gasteiger partial charge in [-0.2, -0.15) is 0 Å². The van der Waals surface area contributed by atoms with Crippen molar-refractivity contribution in [3.05, 3.63) is 48.2 Å². The highest BCUT2D eigenvalue weighted by atomic mass is 35.7. The van der Waals surface area contributed by atoms with Crippen molar-refractivity contribution in [2.24, 2.45) is 0 Å². The first-order valence-corrected chi connectivity index (χ1v) is 10.5. The van der Waals surface area contributed by atoms with Gasteiger partial charge in [-0.05, 0) is 36.4 Å². The van der Waals surface area contributed by atoms with Gasteiger partial charge < -0.3 is 5.32 Å². The van der Waals surface area contributed by atoms with E-state index < -0.39 is 25.0 Å². The summed E-state index contributed by atoms with van der Waals surface area (Å²) in [7, 11) is 0.464. The van der Waals surface area contributed by atoms with Gasteiger partial charge in [-0.25, -0.2) is 26.1 Å². The highest BCUT2D eigenvalue weighted by Gasteiger charge is 2.18. The van der Waals surface area contributed by atoms with Gasteiger partial charge in [0, 0.05) is 30.3 Å². The van der Waals surface area contributed by atoms with E-state index in [2.05, 4.69) is 10.3 Å². The first-order valence-electron chi connectivity index (χ1n) is 6.76. The van der Waals surface area contributed by atoms with Crippen LogP contribution in [0.1, 0.15) is 10.4 Å². The molecule has 11 heteroatoms. The number of carbonyl (C=O) groups is 1. The van der Waals surface area contributed by atoms with Crippen LogP contribution in [0.25, 0.3) is 0 Å². The molecule has 0 aliphatic carbocycles. The van der Waals surface area contributed by atoms with Gasteiger partial charge in [0.05, 0.1) is 16.8 Å². The number of anilines is 1. The second kappa shape index (κ2) is 7.08. The Balaban J connectivity index is 2.16. The van der Waals surface area contributed by atoms with Crippen LogP contribution in [-0.2, 0) is 19.1 Å². The summed E-state index contributed by atoms with van der Waals surface area (Å²) >= 11 is 0. The van der Waals surface area contributed by atoms with E-state index in [-0.39, 0.29) is 21.2 Å². The maximum atomic E-state index is 12.1. The molecule has 2 rings (SSSR count). The molecular formula is C14H14ClN3O5S2. The third-order valence-electron chi connectivity index (χ3n) is 3.14. The summed E-state index contributed by atoms with van der Waals surface area (Å²) in [6, 6.07) is 7.89. The zero-order valence-electron chi connectivity index (χ0n) is 13.2. The average molecular weight is 404 g/mol. The third kappa shape index (κ3) is 4.54. The highest BCUT2D eigenvalue weighted by molar-refractivity contribution is 8.13. The third-order valence-corrected chi connectivity index (χ3v) is 6.18. The fourth-order valence-electron chi connectivity index (χ4n) is 1.79. The summed E-state index contributed by atoms with van der Waals surface area (Å²) in [5, 5.41) is 2.19. The first-order chi connectivity index (χ1) is 11.5. The smallest absolute Gasteiger partial charge is 0.278 e. The summed E-state index contributed by atoms with van der Waals surface area (Å²) in [4.78, 5) is 15.9. The molecule has 1 heterocycles. The number of hydrogen-bond donors (Lipinski definition) is 1. The van der Waals surface area contributed by atoms with E-state index in [0.717, 1.165) is 16.6 Å². The van der Waals surface area contributed by atoms with E-state index in [4.69, 9.17) is 10.7 Å². The topological polar surface area (TPSA) is 114 Å². The number of rotatable bonds is 5. The largest absolute Gasteiger partial charge is 0.321 e. The minimum Gasteiger partial charge on any atom is -0.321 e. The second-order valence-electron chi connectivity index (χ2n) is 5.09. The van der Waals surface area contributed by atoms with Crippen molar-refractivity contribution in [3.63, 3.8) is 0 Å². The molecule has 0 atom stereocenters. The molecule has 8 nitrogen and oxygen atoms in total. The maximum absolute atomic E-state index is 12.1. The van der Waals surface area contributed by atoms with E-state index in [1.54, 1.807) is 0 Å². The fourth-order valence-corrected chi connectivity index (χ4v) is 3.38. The second-order valence-corrected chi connectivity index (χ2v) is 9.75. The average Bonchev–Trinajstić information content (AvgIpc) is 2.54. The Morgan fingerprint density at radius 3 is 2.08 bits per heavy atom. The molecule has 0 fully saturated rings. The lowest BCUT2D eigenvalue weighted by atomic mass is 10.2. The van der Waals surface area contributed by atoms with Crippen molar-refractivity contribution in [1.29, 1.82) is 0 Å². The minimum atomic E-state index is -3.94. The standard InChI is InChI=1S/C14H14ClN3O5S2/c1-18(2)25(22,23)12-6-3-10(4-7-12)14(19)17-11-5-8-13(16-9-11)24(15,20)21/h3-9H,1-2H3,(H,17,19). The molecule has 25 heavy (non-hydrogen) atoms. The molecule has 134 valence electrons. The molecule has 1 aromatic heterocycles. The Morgan fingerprint density at radius 2 is 1.64 bits per heavy atom. The fraction of sp³-hybridized carbons (Fsp3) is 0.143. The molecule has 0 unspecified atom stereocenters. The lowest BCUT2D eigenvalue weighted by molar-refractivity contribution is 0.102. The van der Waals surface area contributed by atoms with Gasteiger partial charge in [0.1, 0.15) is 0 Å². The van der Waals surface area contributed by atoms with Crippen molar-refractivity contribution in [2.75, 3.05) is 19.4 Å². The SMILES string of the molecule is CN(C)S(=O)(=O)c1ccc(C(=O)Nc2ccc(S(=O)(=O)Cl)nc2)cc1. The maximum Gasteiger partial charge on any atom is 0.278 e. The Kier molecular flexibility index (Phi) is 5.47. The van der Waals surface area contributed by atoms with Crippen LogP contribution in [-0.4, -0.2) is 46.1 Å². The number of hydrogen-bond acceptors (Lipinski definition) is 6. The molecule has 1 amide bonds. The molecule has 0 radical (unpaired) electrons. The van der Waals surface area contributed by atoms with Crippen LogP contribution >= 0.6 is 10.7 Å². The van der Waals surface area contributed by atoms with Crippen LogP contribution in [0.4, 0.5) is 5.69 Å². The van der Waals surface area contributed by atoms with Crippen LogP contribution in [0.2, 0.25) is 0 Å². The van der Waals surface area contributed by atoms with Gasteiger partial charge in [-0.1, -0.05) is 0 Å². The summed E-state index contributed by atoms with van der Waals surface area (Å²) in [5.41, 5.74) is 0.491. The minimum absolute atomic E-state index is 0.0624. The zero-order valence-corrected chi connectivity index (χ0v) is 15.6. The number of halogens is 1. The Morgan fingerprint density at radius 1 is 1.04 bits per heavy atom. The predicted octanol–water partition coefficient (Wildman–Crippen LogP) is 1.51. The molecule has 0 aliphatic heterocycles. The molecule has 1 N–H and O–H groups in total. The molecule has 2 aromatic rings. The van der Waals surface area contributed by atoms with Gasteiger partial charge in [-0.3, -0.25) is 4.79 Å². The van der Waals surface area contributed by atoms with Gasteiger partial charge in [-0.15, -0.1) is 0 Å². The van der Waals surface area contributed by atoms with Gasteiger partial charge in [0.15, 0.2) is 5.03 Å². The number of aromatic nitrogens is 1. The first kappa shape index (κ1) is 19.3. The molecule has 0 saturated carbocycles. The lowest BCUT2D eigenvalue weighted by Gasteiger charge is -2.11. The van der Waals surface area contributed by atoms with E-state index >= 15 is 0 Å². The number of benzene rings is 1. The Hall–Kier alpha value is -2.01. The number of nitrogens with one attached hydrogen (secondary N) is 1. The highest BCUT2D eigenvalue weighted by Crippen LogP contribution is 2.17. The molecule has 0 spiro atoms. The number of nitrogens with zero attached hydrogens (tertiary/aromatic N) is 2. The summed E-state index contributed by atoms with van der Waals surface area (Å²) < 4.78 is 47.2. The summed E-state index contributed by atoms with van der Waals surface area (Å²) in [6.45, 7) is 0.